The SMILES string of the molecule is Cc1ccc(CN2CCNCc3cccc(C)c32)cc1. The van der Waals surface area contributed by atoms with Crippen molar-refractivity contribution in [1.82, 2.24) is 5.32 Å². The van der Waals surface area contributed by atoms with E-state index in [1.807, 2.05) is 0 Å². The summed E-state index contributed by atoms with van der Waals surface area (Å²) in [6.45, 7) is 8.41. The predicted molar refractivity (Wildman–Crippen MR) is 85.1 cm³/mol. The van der Waals surface area contributed by atoms with Gasteiger partial charge in [0.05, 0.1) is 0 Å². The largest absolute Gasteiger partial charge is 0.365 e. The highest BCUT2D eigenvalue weighted by Gasteiger charge is 2.16. The van der Waals surface area contributed by atoms with Gasteiger partial charge in [0.1, 0.15) is 0 Å². The summed E-state index contributed by atoms with van der Waals surface area (Å²) in [5.41, 5.74) is 6.90. The van der Waals surface area contributed by atoms with Gasteiger partial charge in [0.2, 0.25) is 0 Å². The highest BCUT2D eigenvalue weighted by Crippen LogP contribution is 2.28. The van der Waals surface area contributed by atoms with Crippen LogP contribution in [0.2, 0.25) is 0 Å². The zero-order chi connectivity index (χ0) is 13.9. The van der Waals surface area contributed by atoms with Crippen molar-refractivity contribution in [2.75, 3.05) is 18.0 Å². The van der Waals surface area contributed by atoms with Gasteiger partial charge in [-0.15, -0.1) is 0 Å². The van der Waals surface area contributed by atoms with E-state index in [2.05, 4.69) is 66.5 Å². The molecular formula is C18H22N2. The number of hydrogen-bond donors (Lipinski definition) is 1. The summed E-state index contributed by atoms with van der Waals surface area (Å²) in [6, 6.07) is 15.5. The van der Waals surface area contributed by atoms with Crippen molar-refractivity contribution in [2.24, 2.45) is 0 Å². The molecule has 0 radical (unpaired) electrons. The molecule has 2 aromatic rings. The smallest absolute Gasteiger partial charge is 0.0445 e. The van der Waals surface area contributed by atoms with Crippen LogP contribution in [0.3, 0.4) is 0 Å². The van der Waals surface area contributed by atoms with Gasteiger partial charge in [-0.1, -0.05) is 48.0 Å². The van der Waals surface area contributed by atoms with Crippen LogP contribution in [0.25, 0.3) is 0 Å². The molecule has 1 aliphatic rings. The molecule has 0 aliphatic carbocycles. The Morgan fingerprint density at radius 1 is 1.05 bits per heavy atom. The molecule has 0 bridgehead atoms. The van der Waals surface area contributed by atoms with Gasteiger partial charge in [-0.2, -0.15) is 0 Å². The minimum absolute atomic E-state index is 0.974. The van der Waals surface area contributed by atoms with Gasteiger partial charge in [0.25, 0.3) is 0 Å². The molecule has 104 valence electrons. The molecule has 2 nitrogen and oxygen atoms in total. The number of anilines is 1. The molecule has 1 heterocycles. The molecule has 0 saturated carbocycles. The van der Waals surface area contributed by atoms with Gasteiger partial charge in [0, 0.05) is 31.9 Å². The third kappa shape index (κ3) is 2.70. The first kappa shape index (κ1) is 13.2. The predicted octanol–water partition coefficient (Wildman–Crippen LogP) is 3.41. The maximum absolute atomic E-state index is 3.51. The molecule has 2 heteroatoms. The van der Waals surface area contributed by atoms with E-state index >= 15 is 0 Å². The van der Waals surface area contributed by atoms with Crippen LogP contribution < -0.4 is 10.2 Å². The quantitative estimate of drug-likeness (QED) is 0.896. The van der Waals surface area contributed by atoms with Crippen molar-refractivity contribution < 1.29 is 0 Å². The van der Waals surface area contributed by atoms with Crippen LogP contribution in [0.4, 0.5) is 5.69 Å². The highest BCUT2D eigenvalue weighted by atomic mass is 15.2. The molecular weight excluding hydrogens is 244 g/mol. The fraction of sp³-hybridized carbons (Fsp3) is 0.333. The lowest BCUT2D eigenvalue weighted by Gasteiger charge is -2.26. The average molecular weight is 266 g/mol. The van der Waals surface area contributed by atoms with Crippen LogP contribution in [-0.4, -0.2) is 13.1 Å². The Kier molecular flexibility index (Phi) is 3.75. The summed E-state index contributed by atoms with van der Waals surface area (Å²) in [5, 5.41) is 3.51. The minimum Gasteiger partial charge on any atom is -0.365 e. The second-order valence-electron chi connectivity index (χ2n) is 5.67. The van der Waals surface area contributed by atoms with Crippen molar-refractivity contribution in [3.8, 4) is 0 Å². The van der Waals surface area contributed by atoms with Crippen molar-refractivity contribution in [2.45, 2.75) is 26.9 Å². The lowest BCUT2D eigenvalue weighted by atomic mass is 10.1. The Hall–Kier alpha value is -1.80. The Morgan fingerprint density at radius 2 is 1.85 bits per heavy atom. The number of rotatable bonds is 2. The molecule has 0 amide bonds. The second kappa shape index (κ2) is 5.68. The van der Waals surface area contributed by atoms with Gasteiger partial charge in [-0.05, 0) is 30.5 Å². The number of benzene rings is 2. The van der Waals surface area contributed by atoms with Crippen LogP contribution in [0, 0.1) is 13.8 Å². The van der Waals surface area contributed by atoms with E-state index < -0.39 is 0 Å². The molecule has 3 rings (SSSR count). The van der Waals surface area contributed by atoms with E-state index in [-0.39, 0.29) is 0 Å². The van der Waals surface area contributed by atoms with Crippen molar-refractivity contribution >= 4 is 5.69 Å². The minimum atomic E-state index is 0.974. The highest BCUT2D eigenvalue weighted by molar-refractivity contribution is 5.60. The Balaban J connectivity index is 1.92. The molecule has 1 N–H and O–H groups in total. The van der Waals surface area contributed by atoms with E-state index in [9.17, 15) is 0 Å². The first-order valence-corrected chi connectivity index (χ1v) is 7.34. The number of nitrogens with one attached hydrogen (secondary N) is 1. The summed E-state index contributed by atoms with van der Waals surface area (Å²) in [7, 11) is 0. The van der Waals surface area contributed by atoms with Crippen LogP contribution in [-0.2, 0) is 13.1 Å². The van der Waals surface area contributed by atoms with E-state index in [4.69, 9.17) is 0 Å². The number of fused-ring (bicyclic) bond motifs is 1. The fourth-order valence-corrected chi connectivity index (χ4v) is 2.94. The summed E-state index contributed by atoms with van der Waals surface area (Å²) in [5.74, 6) is 0. The maximum Gasteiger partial charge on any atom is 0.0445 e. The summed E-state index contributed by atoms with van der Waals surface area (Å²) < 4.78 is 0. The standard InChI is InChI=1S/C18H22N2/c1-14-6-8-16(9-7-14)13-20-11-10-19-12-17-5-3-4-15(2)18(17)20/h3-9,19H,10-13H2,1-2H3. The van der Waals surface area contributed by atoms with Crippen LogP contribution in [0.1, 0.15) is 22.3 Å². The van der Waals surface area contributed by atoms with Gasteiger partial charge in [-0.25, -0.2) is 0 Å². The Bertz CT molecular complexity index is 587. The zero-order valence-electron chi connectivity index (χ0n) is 12.3. The summed E-state index contributed by atoms with van der Waals surface area (Å²) in [4.78, 5) is 2.51. The van der Waals surface area contributed by atoms with E-state index in [1.54, 1.807) is 0 Å². The van der Waals surface area contributed by atoms with Gasteiger partial charge in [0.15, 0.2) is 0 Å². The Morgan fingerprint density at radius 3 is 2.65 bits per heavy atom. The third-order valence-electron chi connectivity index (χ3n) is 4.01. The van der Waals surface area contributed by atoms with E-state index in [1.165, 1.54) is 27.9 Å². The summed E-state index contributed by atoms with van der Waals surface area (Å²) >= 11 is 0. The molecule has 0 aromatic heterocycles. The van der Waals surface area contributed by atoms with Crippen LogP contribution in [0.5, 0.6) is 0 Å². The maximum atomic E-state index is 3.51. The van der Waals surface area contributed by atoms with E-state index in [0.29, 0.717) is 0 Å². The summed E-state index contributed by atoms with van der Waals surface area (Å²) in [6.07, 6.45) is 0. The fourth-order valence-electron chi connectivity index (χ4n) is 2.94. The molecule has 0 spiro atoms. The molecule has 0 atom stereocenters. The monoisotopic (exact) mass is 266 g/mol. The lowest BCUT2D eigenvalue weighted by Crippen LogP contribution is -2.28. The first-order chi connectivity index (χ1) is 9.74. The second-order valence-corrected chi connectivity index (χ2v) is 5.67. The molecule has 0 saturated heterocycles. The van der Waals surface area contributed by atoms with Crippen molar-refractivity contribution in [3.05, 3.63) is 64.7 Å². The molecule has 2 aromatic carbocycles. The third-order valence-corrected chi connectivity index (χ3v) is 4.01. The van der Waals surface area contributed by atoms with Crippen molar-refractivity contribution in [3.63, 3.8) is 0 Å². The number of aryl methyl sites for hydroxylation is 2. The van der Waals surface area contributed by atoms with Gasteiger partial charge in [-0.3, -0.25) is 0 Å². The molecule has 1 aliphatic heterocycles. The molecule has 0 fully saturated rings. The van der Waals surface area contributed by atoms with E-state index in [0.717, 1.165) is 26.2 Å². The lowest BCUT2D eigenvalue weighted by molar-refractivity contribution is 0.688. The Labute approximate surface area is 121 Å². The molecule has 0 unspecified atom stereocenters. The number of para-hydroxylation sites is 1. The van der Waals surface area contributed by atoms with Gasteiger partial charge >= 0.3 is 0 Å². The van der Waals surface area contributed by atoms with Crippen LogP contribution >= 0.6 is 0 Å². The number of nitrogens with zero attached hydrogens (tertiary/aromatic N) is 1. The van der Waals surface area contributed by atoms with Crippen molar-refractivity contribution in [1.29, 1.82) is 0 Å². The number of hydrogen-bond acceptors (Lipinski definition) is 2. The topological polar surface area (TPSA) is 15.3 Å². The molecule has 20 heavy (non-hydrogen) atoms. The normalized spacial score (nSPS) is 14.8. The zero-order valence-corrected chi connectivity index (χ0v) is 12.3. The first-order valence-electron chi connectivity index (χ1n) is 7.34. The van der Waals surface area contributed by atoms with Gasteiger partial charge < -0.3 is 10.2 Å². The van der Waals surface area contributed by atoms with Crippen LogP contribution in [0.15, 0.2) is 42.5 Å². The average Bonchev–Trinajstić information content (AvgIpc) is 2.65.